The summed E-state index contributed by atoms with van der Waals surface area (Å²) in [5.41, 5.74) is 6.61. The van der Waals surface area contributed by atoms with E-state index in [1.165, 1.54) is 32.1 Å². The van der Waals surface area contributed by atoms with Gasteiger partial charge in [-0.15, -0.1) is 0 Å². The molecule has 1 aromatic rings. The molecule has 0 saturated heterocycles. The zero-order valence-electron chi connectivity index (χ0n) is 13.3. The van der Waals surface area contributed by atoms with Crippen molar-refractivity contribution in [1.29, 1.82) is 0 Å². The molecule has 1 heterocycles. The highest BCUT2D eigenvalue weighted by Gasteiger charge is 2.58. The second kappa shape index (κ2) is 4.82. The zero-order chi connectivity index (χ0) is 14.6. The molecule has 0 aromatic carbocycles. The molecule has 4 aliphatic carbocycles. The first-order chi connectivity index (χ1) is 10.1. The van der Waals surface area contributed by atoms with E-state index >= 15 is 0 Å². The third-order valence-corrected chi connectivity index (χ3v) is 6.89. The zero-order valence-corrected chi connectivity index (χ0v) is 13.3. The molecular formula is C17H28N4. The molecule has 4 heteroatoms. The number of nitrogens with zero attached hydrogens (tertiary/aromatic N) is 3. The van der Waals surface area contributed by atoms with Gasteiger partial charge < -0.3 is 10.3 Å². The van der Waals surface area contributed by atoms with E-state index in [4.69, 9.17) is 5.73 Å². The number of likely N-dealkylation sites (N-methyl/N-ethyl adjacent to an activating group) is 1. The third kappa shape index (κ3) is 1.92. The van der Waals surface area contributed by atoms with E-state index in [9.17, 15) is 0 Å². The third-order valence-electron chi connectivity index (χ3n) is 6.89. The Morgan fingerprint density at radius 1 is 1.24 bits per heavy atom. The molecule has 21 heavy (non-hydrogen) atoms. The van der Waals surface area contributed by atoms with Crippen molar-refractivity contribution in [2.24, 2.45) is 36.5 Å². The smallest absolute Gasteiger partial charge is 0.122 e. The standard InChI is InChI=1S/C17H28N4/c1-20-4-3-19-16(20)10-21(2)17(11-18)14-6-12-5-13(8-14)9-15(17)7-12/h3-4,12-15H,5-11,18H2,1-2H3. The number of hydrogen-bond acceptors (Lipinski definition) is 3. The fraction of sp³-hybridized carbons (Fsp3) is 0.824. The number of hydrogen-bond donors (Lipinski definition) is 1. The average Bonchev–Trinajstić information content (AvgIpc) is 2.84. The minimum absolute atomic E-state index is 0.222. The Labute approximate surface area is 127 Å². The van der Waals surface area contributed by atoms with Crippen LogP contribution in [0.25, 0.3) is 0 Å². The quantitative estimate of drug-likeness (QED) is 0.922. The van der Waals surface area contributed by atoms with Crippen molar-refractivity contribution < 1.29 is 0 Å². The number of nitrogens with two attached hydrogens (primary N) is 1. The molecule has 4 saturated carbocycles. The number of aromatic nitrogens is 2. The Morgan fingerprint density at radius 2 is 1.86 bits per heavy atom. The normalized spacial score (nSPS) is 41.1. The van der Waals surface area contributed by atoms with E-state index in [0.717, 1.165) is 42.6 Å². The topological polar surface area (TPSA) is 47.1 Å². The Hall–Kier alpha value is -0.870. The highest BCUT2D eigenvalue weighted by molar-refractivity contribution is 5.12. The van der Waals surface area contributed by atoms with Crippen molar-refractivity contribution in [3.63, 3.8) is 0 Å². The van der Waals surface area contributed by atoms with Gasteiger partial charge in [0.25, 0.3) is 0 Å². The molecule has 0 atom stereocenters. The van der Waals surface area contributed by atoms with Gasteiger partial charge in [0, 0.05) is 31.5 Å². The summed E-state index contributed by atoms with van der Waals surface area (Å²) >= 11 is 0. The predicted octanol–water partition coefficient (Wildman–Crippen LogP) is 2.01. The molecule has 4 nitrogen and oxygen atoms in total. The van der Waals surface area contributed by atoms with E-state index in [2.05, 4.69) is 28.5 Å². The maximum atomic E-state index is 6.39. The first kappa shape index (κ1) is 13.8. The van der Waals surface area contributed by atoms with E-state index in [1.54, 1.807) is 0 Å². The highest BCUT2D eigenvalue weighted by Crippen LogP contribution is 2.59. The highest BCUT2D eigenvalue weighted by atomic mass is 15.2. The molecule has 1 aromatic heterocycles. The van der Waals surface area contributed by atoms with Crippen LogP contribution in [0.3, 0.4) is 0 Å². The molecule has 0 aliphatic heterocycles. The second-order valence-electron chi connectivity index (χ2n) is 7.81. The van der Waals surface area contributed by atoms with Gasteiger partial charge in [-0.25, -0.2) is 4.98 Å². The summed E-state index contributed by atoms with van der Waals surface area (Å²) in [4.78, 5) is 7.07. The molecule has 0 radical (unpaired) electrons. The number of rotatable bonds is 4. The summed E-state index contributed by atoms with van der Waals surface area (Å²) in [5.74, 6) is 4.76. The Balaban J connectivity index is 1.62. The van der Waals surface area contributed by atoms with Crippen molar-refractivity contribution >= 4 is 0 Å². The van der Waals surface area contributed by atoms with Crippen molar-refractivity contribution in [2.45, 2.75) is 44.2 Å². The summed E-state index contributed by atoms with van der Waals surface area (Å²) in [5, 5.41) is 0. The molecule has 0 unspecified atom stereocenters. The predicted molar refractivity (Wildman–Crippen MR) is 83.5 cm³/mol. The summed E-state index contributed by atoms with van der Waals surface area (Å²) in [6, 6.07) is 0. The summed E-state index contributed by atoms with van der Waals surface area (Å²) < 4.78 is 2.14. The van der Waals surface area contributed by atoms with Crippen molar-refractivity contribution in [3.8, 4) is 0 Å². The monoisotopic (exact) mass is 288 g/mol. The van der Waals surface area contributed by atoms with E-state index in [0.29, 0.717) is 0 Å². The molecule has 2 N–H and O–H groups in total. The van der Waals surface area contributed by atoms with Crippen LogP contribution in [0.15, 0.2) is 12.4 Å². The summed E-state index contributed by atoms with van der Waals surface area (Å²) in [6.07, 6.45) is 11.1. The van der Waals surface area contributed by atoms with Crippen molar-refractivity contribution in [3.05, 3.63) is 18.2 Å². The first-order valence-electron chi connectivity index (χ1n) is 8.51. The Kier molecular flexibility index (Phi) is 3.16. The van der Waals surface area contributed by atoms with Crippen LogP contribution in [-0.4, -0.2) is 33.6 Å². The van der Waals surface area contributed by atoms with E-state index < -0.39 is 0 Å². The summed E-state index contributed by atoms with van der Waals surface area (Å²) in [7, 11) is 4.37. The van der Waals surface area contributed by atoms with Crippen molar-refractivity contribution in [1.82, 2.24) is 14.5 Å². The lowest BCUT2D eigenvalue weighted by molar-refractivity contribution is -0.126. The van der Waals surface area contributed by atoms with Crippen LogP contribution in [0.4, 0.5) is 0 Å². The fourth-order valence-corrected chi connectivity index (χ4v) is 6.02. The lowest BCUT2D eigenvalue weighted by atomic mass is 9.48. The van der Waals surface area contributed by atoms with E-state index in [1.807, 2.05) is 12.4 Å². The van der Waals surface area contributed by atoms with Gasteiger partial charge in [-0.05, 0) is 62.8 Å². The van der Waals surface area contributed by atoms with Crippen LogP contribution >= 0.6 is 0 Å². The first-order valence-corrected chi connectivity index (χ1v) is 8.51. The molecular weight excluding hydrogens is 260 g/mol. The molecule has 0 amide bonds. The largest absolute Gasteiger partial charge is 0.337 e. The molecule has 5 rings (SSSR count). The van der Waals surface area contributed by atoms with Crippen LogP contribution in [0.1, 0.15) is 37.9 Å². The second-order valence-corrected chi connectivity index (χ2v) is 7.81. The van der Waals surface area contributed by atoms with Gasteiger partial charge in [0.1, 0.15) is 5.82 Å². The van der Waals surface area contributed by atoms with Gasteiger partial charge in [0.05, 0.1) is 6.54 Å². The van der Waals surface area contributed by atoms with Gasteiger partial charge in [-0.3, -0.25) is 4.90 Å². The van der Waals surface area contributed by atoms with Crippen LogP contribution < -0.4 is 5.73 Å². The maximum absolute atomic E-state index is 6.39. The maximum Gasteiger partial charge on any atom is 0.122 e. The Morgan fingerprint density at radius 3 is 2.33 bits per heavy atom. The van der Waals surface area contributed by atoms with Gasteiger partial charge in [-0.2, -0.15) is 0 Å². The lowest BCUT2D eigenvalue weighted by Gasteiger charge is -2.64. The lowest BCUT2D eigenvalue weighted by Crippen LogP contribution is -2.68. The molecule has 4 aliphatic rings. The fourth-order valence-electron chi connectivity index (χ4n) is 6.02. The summed E-state index contributed by atoms with van der Waals surface area (Å²) in [6.45, 7) is 1.73. The van der Waals surface area contributed by atoms with Crippen LogP contribution in [0, 0.1) is 23.7 Å². The van der Waals surface area contributed by atoms with Gasteiger partial charge in [0.15, 0.2) is 0 Å². The minimum atomic E-state index is 0.222. The molecule has 4 bridgehead atoms. The minimum Gasteiger partial charge on any atom is -0.337 e. The number of aryl methyl sites for hydroxylation is 1. The molecule has 0 spiro atoms. The van der Waals surface area contributed by atoms with Gasteiger partial charge >= 0.3 is 0 Å². The molecule has 116 valence electrons. The van der Waals surface area contributed by atoms with Crippen LogP contribution in [0.5, 0.6) is 0 Å². The Bertz CT molecular complexity index is 493. The SMILES string of the molecule is CN(Cc1nccn1C)C1(CN)C2CC3CC(C2)CC1C3. The van der Waals surface area contributed by atoms with Crippen LogP contribution in [0.2, 0.25) is 0 Å². The van der Waals surface area contributed by atoms with Crippen molar-refractivity contribution in [2.75, 3.05) is 13.6 Å². The van der Waals surface area contributed by atoms with Gasteiger partial charge in [0.2, 0.25) is 0 Å². The number of imidazole rings is 1. The molecule has 4 fully saturated rings. The van der Waals surface area contributed by atoms with Gasteiger partial charge in [-0.1, -0.05) is 0 Å². The van der Waals surface area contributed by atoms with Crippen LogP contribution in [-0.2, 0) is 13.6 Å². The average molecular weight is 288 g/mol. The van der Waals surface area contributed by atoms with E-state index in [-0.39, 0.29) is 5.54 Å².